The molecule has 22 heavy (non-hydrogen) atoms. The SMILES string of the molecule is CCC(=O)Nc1ccc(C)c(NC(=O)N2CCCCCC2)c1. The van der Waals surface area contributed by atoms with Crippen molar-refractivity contribution in [3.8, 4) is 0 Å². The molecule has 5 heteroatoms. The monoisotopic (exact) mass is 303 g/mol. The first-order valence-electron chi connectivity index (χ1n) is 8.06. The lowest BCUT2D eigenvalue weighted by Gasteiger charge is -2.21. The van der Waals surface area contributed by atoms with Gasteiger partial charge < -0.3 is 15.5 Å². The number of amides is 3. The van der Waals surface area contributed by atoms with E-state index >= 15 is 0 Å². The Morgan fingerprint density at radius 1 is 1.09 bits per heavy atom. The maximum Gasteiger partial charge on any atom is 0.321 e. The summed E-state index contributed by atoms with van der Waals surface area (Å²) in [5, 5.41) is 5.79. The summed E-state index contributed by atoms with van der Waals surface area (Å²) in [5.74, 6) is -0.0337. The summed E-state index contributed by atoms with van der Waals surface area (Å²) in [6, 6.07) is 5.52. The summed E-state index contributed by atoms with van der Waals surface area (Å²) in [5.41, 5.74) is 2.45. The molecule has 1 aromatic rings. The third-order valence-electron chi connectivity index (χ3n) is 3.98. The Morgan fingerprint density at radius 3 is 2.41 bits per heavy atom. The number of benzene rings is 1. The normalized spacial score (nSPS) is 15.1. The van der Waals surface area contributed by atoms with Gasteiger partial charge in [-0.15, -0.1) is 0 Å². The van der Waals surface area contributed by atoms with Crippen LogP contribution < -0.4 is 10.6 Å². The van der Waals surface area contributed by atoms with Gasteiger partial charge in [0.2, 0.25) is 5.91 Å². The van der Waals surface area contributed by atoms with Crippen molar-refractivity contribution < 1.29 is 9.59 Å². The fourth-order valence-corrected chi connectivity index (χ4v) is 2.55. The Hall–Kier alpha value is -2.04. The zero-order valence-electron chi connectivity index (χ0n) is 13.4. The first kappa shape index (κ1) is 16.3. The van der Waals surface area contributed by atoms with Crippen molar-refractivity contribution in [1.82, 2.24) is 4.90 Å². The topological polar surface area (TPSA) is 61.4 Å². The fraction of sp³-hybridized carbons (Fsp3) is 0.529. The van der Waals surface area contributed by atoms with Gasteiger partial charge in [0, 0.05) is 30.9 Å². The van der Waals surface area contributed by atoms with E-state index in [1.165, 1.54) is 12.8 Å². The molecule has 1 aliphatic rings. The van der Waals surface area contributed by atoms with Crippen LogP contribution in [0, 0.1) is 6.92 Å². The van der Waals surface area contributed by atoms with Gasteiger partial charge in [0.15, 0.2) is 0 Å². The Kier molecular flexibility index (Phi) is 5.81. The molecule has 1 aromatic carbocycles. The average molecular weight is 303 g/mol. The minimum Gasteiger partial charge on any atom is -0.326 e. The van der Waals surface area contributed by atoms with E-state index in [1.807, 2.05) is 36.9 Å². The summed E-state index contributed by atoms with van der Waals surface area (Å²) < 4.78 is 0. The van der Waals surface area contributed by atoms with Gasteiger partial charge in [0.05, 0.1) is 0 Å². The van der Waals surface area contributed by atoms with Crippen LogP contribution in [-0.4, -0.2) is 29.9 Å². The lowest BCUT2D eigenvalue weighted by atomic mass is 10.1. The summed E-state index contributed by atoms with van der Waals surface area (Å²) in [6.45, 7) is 5.39. The van der Waals surface area contributed by atoms with Gasteiger partial charge in [0.25, 0.3) is 0 Å². The second-order valence-corrected chi connectivity index (χ2v) is 5.76. The summed E-state index contributed by atoms with van der Waals surface area (Å²) >= 11 is 0. The molecule has 3 amide bonds. The van der Waals surface area contributed by atoms with Gasteiger partial charge >= 0.3 is 6.03 Å². The predicted molar refractivity (Wildman–Crippen MR) is 89.2 cm³/mol. The summed E-state index contributed by atoms with van der Waals surface area (Å²) in [7, 11) is 0. The van der Waals surface area contributed by atoms with E-state index in [1.54, 1.807) is 0 Å². The van der Waals surface area contributed by atoms with E-state index in [2.05, 4.69) is 10.6 Å². The van der Waals surface area contributed by atoms with E-state index in [4.69, 9.17) is 0 Å². The minimum atomic E-state index is -0.0519. The largest absolute Gasteiger partial charge is 0.326 e. The van der Waals surface area contributed by atoms with Crippen LogP contribution in [0.25, 0.3) is 0 Å². The maximum atomic E-state index is 12.4. The number of anilines is 2. The number of hydrogen-bond donors (Lipinski definition) is 2. The molecule has 120 valence electrons. The number of urea groups is 1. The van der Waals surface area contributed by atoms with Gasteiger partial charge in [0.1, 0.15) is 0 Å². The van der Waals surface area contributed by atoms with Crippen LogP contribution in [0.1, 0.15) is 44.6 Å². The van der Waals surface area contributed by atoms with Gasteiger partial charge in [-0.3, -0.25) is 4.79 Å². The quantitative estimate of drug-likeness (QED) is 0.893. The fourth-order valence-electron chi connectivity index (χ4n) is 2.55. The van der Waals surface area contributed by atoms with Crippen LogP contribution in [0.5, 0.6) is 0 Å². The van der Waals surface area contributed by atoms with Gasteiger partial charge in [-0.25, -0.2) is 4.79 Å². The van der Waals surface area contributed by atoms with Crippen LogP contribution in [0.3, 0.4) is 0 Å². The Morgan fingerprint density at radius 2 is 1.77 bits per heavy atom. The number of nitrogens with zero attached hydrogens (tertiary/aromatic N) is 1. The molecule has 0 spiro atoms. The van der Waals surface area contributed by atoms with E-state index in [9.17, 15) is 9.59 Å². The molecule has 2 rings (SSSR count). The second kappa shape index (κ2) is 7.82. The molecule has 2 N–H and O–H groups in total. The number of nitrogens with one attached hydrogen (secondary N) is 2. The van der Waals surface area contributed by atoms with Crippen molar-refractivity contribution in [2.75, 3.05) is 23.7 Å². The zero-order valence-corrected chi connectivity index (χ0v) is 13.4. The third kappa shape index (κ3) is 4.48. The number of carbonyl (C=O) groups excluding carboxylic acids is 2. The van der Waals surface area contributed by atoms with E-state index in [-0.39, 0.29) is 11.9 Å². The lowest BCUT2D eigenvalue weighted by molar-refractivity contribution is -0.115. The van der Waals surface area contributed by atoms with Crippen molar-refractivity contribution in [1.29, 1.82) is 0 Å². The first-order valence-corrected chi connectivity index (χ1v) is 8.06. The first-order chi connectivity index (χ1) is 10.6. The Labute approximate surface area is 132 Å². The Balaban J connectivity index is 2.05. The van der Waals surface area contributed by atoms with Crippen LogP contribution in [0.15, 0.2) is 18.2 Å². The number of aryl methyl sites for hydroxylation is 1. The number of carbonyl (C=O) groups is 2. The van der Waals surface area contributed by atoms with Crippen LogP contribution in [0.4, 0.5) is 16.2 Å². The van der Waals surface area contributed by atoms with Gasteiger partial charge in [-0.2, -0.15) is 0 Å². The predicted octanol–water partition coefficient (Wildman–Crippen LogP) is 3.75. The van der Waals surface area contributed by atoms with Crippen LogP contribution in [0.2, 0.25) is 0 Å². The second-order valence-electron chi connectivity index (χ2n) is 5.76. The van der Waals surface area contributed by atoms with Crippen molar-refractivity contribution in [2.24, 2.45) is 0 Å². The highest BCUT2D eigenvalue weighted by Gasteiger charge is 2.16. The highest BCUT2D eigenvalue weighted by atomic mass is 16.2. The molecule has 0 aromatic heterocycles. The molecule has 1 saturated heterocycles. The standard InChI is InChI=1S/C17H25N3O2/c1-3-16(21)18-14-9-8-13(2)15(12-14)19-17(22)20-10-6-4-5-7-11-20/h8-9,12H,3-7,10-11H2,1-2H3,(H,18,21)(H,19,22). The number of likely N-dealkylation sites (tertiary alicyclic amines) is 1. The maximum absolute atomic E-state index is 12.4. The van der Waals surface area contributed by atoms with Gasteiger partial charge in [-0.05, 0) is 37.5 Å². The molecule has 1 aliphatic heterocycles. The molecular formula is C17H25N3O2. The molecule has 1 heterocycles. The van der Waals surface area contributed by atoms with E-state index in [0.29, 0.717) is 12.1 Å². The van der Waals surface area contributed by atoms with Crippen molar-refractivity contribution in [3.05, 3.63) is 23.8 Å². The van der Waals surface area contributed by atoms with Crippen molar-refractivity contribution >= 4 is 23.3 Å². The van der Waals surface area contributed by atoms with Crippen molar-refractivity contribution in [2.45, 2.75) is 46.0 Å². The van der Waals surface area contributed by atoms with Crippen LogP contribution >= 0.6 is 0 Å². The molecule has 0 saturated carbocycles. The Bertz CT molecular complexity index is 535. The molecule has 5 nitrogen and oxygen atoms in total. The molecule has 1 fully saturated rings. The number of rotatable bonds is 3. The molecule has 0 bridgehead atoms. The van der Waals surface area contributed by atoms with Gasteiger partial charge in [-0.1, -0.05) is 25.8 Å². The molecular weight excluding hydrogens is 278 g/mol. The van der Waals surface area contributed by atoms with E-state index in [0.717, 1.165) is 37.2 Å². The highest BCUT2D eigenvalue weighted by molar-refractivity contribution is 5.94. The third-order valence-corrected chi connectivity index (χ3v) is 3.98. The number of hydrogen-bond acceptors (Lipinski definition) is 2. The molecule has 0 unspecified atom stereocenters. The highest BCUT2D eigenvalue weighted by Crippen LogP contribution is 2.21. The smallest absolute Gasteiger partial charge is 0.321 e. The summed E-state index contributed by atoms with van der Waals surface area (Å²) in [6.07, 6.45) is 4.96. The molecule has 0 aliphatic carbocycles. The van der Waals surface area contributed by atoms with Crippen molar-refractivity contribution in [3.63, 3.8) is 0 Å². The average Bonchev–Trinajstić information content (AvgIpc) is 2.79. The summed E-state index contributed by atoms with van der Waals surface area (Å²) in [4.78, 5) is 25.7. The minimum absolute atomic E-state index is 0.0337. The molecule has 0 radical (unpaired) electrons. The zero-order chi connectivity index (χ0) is 15.9. The van der Waals surface area contributed by atoms with E-state index < -0.39 is 0 Å². The van der Waals surface area contributed by atoms with Crippen LogP contribution in [-0.2, 0) is 4.79 Å². The molecule has 0 atom stereocenters. The lowest BCUT2D eigenvalue weighted by Crippen LogP contribution is -2.35.